The Bertz CT molecular complexity index is 486. The molecule has 0 saturated carbocycles. The van der Waals surface area contributed by atoms with Crippen LogP contribution in [0.1, 0.15) is 37.6 Å². The zero-order valence-corrected chi connectivity index (χ0v) is 11.5. The number of unbranched alkanes of at least 4 members (excludes halogenated alkanes) is 2. The molecule has 7 heteroatoms. The molecule has 1 aromatic rings. The van der Waals surface area contributed by atoms with E-state index in [1.165, 1.54) is 11.2 Å². The van der Waals surface area contributed by atoms with E-state index in [-0.39, 0.29) is 13.0 Å². The average molecular weight is 281 g/mol. The molecule has 1 amide bonds. The number of H-pyrrole nitrogens is 1. The zero-order valence-electron chi connectivity index (χ0n) is 11.5. The third-order valence-corrected chi connectivity index (χ3v) is 3.39. The summed E-state index contributed by atoms with van der Waals surface area (Å²) in [7, 11) is 0. The van der Waals surface area contributed by atoms with Crippen molar-refractivity contribution in [3.63, 3.8) is 0 Å². The Balaban J connectivity index is 2.01. The van der Waals surface area contributed by atoms with Gasteiger partial charge in [-0.25, -0.2) is 14.6 Å². The average Bonchev–Trinajstić information content (AvgIpc) is 2.89. The summed E-state index contributed by atoms with van der Waals surface area (Å²) < 4.78 is 5.14. The summed E-state index contributed by atoms with van der Waals surface area (Å²) in [6, 6.07) is -0.913. The number of nitrogens with one attached hydrogen (secondary N) is 1. The number of ether oxygens (including phenoxy) is 1. The van der Waals surface area contributed by atoms with E-state index in [1.807, 2.05) is 0 Å². The summed E-state index contributed by atoms with van der Waals surface area (Å²) in [6.07, 6.45) is 3.96. The Morgan fingerprint density at radius 1 is 1.55 bits per heavy atom. The summed E-state index contributed by atoms with van der Waals surface area (Å²) in [5, 5.41) is 9.24. The van der Waals surface area contributed by atoms with Crippen LogP contribution in [-0.2, 0) is 22.5 Å². The van der Waals surface area contributed by atoms with Crippen LogP contribution in [0.3, 0.4) is 0 Å². The lowest BCUT2D eigenvalue weighted by Gasteiger charge is -2.31. The quantitative estimate of drug-likeness (QED) is 0.798. The van der Waals surface area contributed by atoms with Crippen molar-refractivity contribution in [2.24, 2.45) is 0 Å². The molecule has 7 nitrogen and oxygen atoms in total. The van der Waals surface area contributed by atoms with Crippen molar-refractivity contribution in [1.29, 1.82) is 0 Å². The Morgan fingerprint density at radius 3 is 3.05 bits per heavy atom. The van der Waals surface area contributed by atoms with Crippen molar-refractivity contribution in [3.05, 3.63) is 17.7 Å². The normalized spacial score (nSPS) is 17.6. The van der Waals surface area contributed by atoms with Crippen LogP contribution in [0.4, 0.5) is 4.79 Å². The lowest BCUT2D eigenvalue weighted by Crippen LogP contribution is -2.49. The zero-order chi connectivity index (χ0) is 14.5. The van der Waals surface area contributed by atoms with Gasteiger partial charge in [-0.05, 0) is 6.42 Å². The molecule has 1 aliphatic heterocycles. The molecule has 110 valence electrons. The number of carbonyl (C=O) groups is 2. The molecule has 0 unspecified atom stereocenters. The first-order chi connectivity index (χ1) is 9.63. The monoisotopic (exact) mass is 281 g/mol. The Labute approximate surface area is 116 Å². The van der Waals surface area contributed by atoms with Gasteiger partial charge in [0.2, 0.25) is 0 Å². The van der Waals surface area contributed by atoms with Gasteiger partial charge in [0, 0.05) is 6.42 Å². The lowest BCUT2D eigenvalue weighted by atomic mass is 10.0. The Hall–Kier alpha value is -2.05. The van der Waals surface area contributed by atoms with Gasteiger partial charge in [0.15, 0.2) is 0 Å². The predicted molar refractivity (Wildman–Crippen MR) is 70.1 cm³/mol. The largest absolute Gasteiger partial charge is 0.480 e. The summed E-state index contributed by atoms with van der Waals surface area (Å²) in [5.41, 5.74) is 1.47. The fraction of sp³-hybridized carbons (Fsp3) is 0.615. The van der Waals surface area contributed by atoms with Gasteiger partial charge in [0.05, 0.1) is 30.9 Å². The smallest absolute Gasteiger partial charge is 0.410 e. The van der Waals surface area contributed by atoms with Crippen LogP contribution in [0.15, 0.2) is 6.33 Å². The minimum Gasteiger partial charge on any atom is -0.480 e. The molecule has 1 aliphatic rings. The van der Waals surface area contributed by atoms with E-state index in [9.17, 15) is 14.7 Å². The van der Waals surface area contributed by atoms with Crippen molar-refractivity contribution >= 4 is 12.1 Å². The second kappa shape index (κ2) is 6.40. The van der Waals surface area contributed by atoms with Gasteiger partial charge in [-0.15, -0.1) is 0 Å². The van der Waals surface area contributed by atoms with Crippen molar-refractivity contribution in [2.45, 2.75) is 45.2 Å². The molecule has 2 N–H and O–H groups in total. The van der Waals surface area contributed by atoms with Gasteiger partial charge in [-0.2, -0.15) is 0 Å². The summed E-state index contributed by atoms with van der Waals surface area (Å²) in [4.78, 5) is 31.5. The van der Waals surface area contributed by atoms with E-state index >= 15 is 0 Å². The number of aromatic nitrogens is 2. The highest BCUT2D eigenvalue weighted by Crippen LogP contribution is 2.21. The molecule has 1 aromatic heterocycles. The molecule has 0 fully saturated rings. The second-order valence-corrected chi connectivity index (χ2v) is 4.84. The molecule has 20 heavy (non-hydrogen) atoms. The molecule has 0 saturated heterocycles. The SMILES string of the molecule is CCCCCOC(=O)N1Cc2[nH]cnc2C[C@@H]1C(=O)O. The van der Waals surface area contributed by atoms with Gasteiger partial charge in [0.25, 0.3) is 0 Å². The minimum atomic E-state index is -1.04. The first-order valence-electron chi connectivity index (χ1n) is 6.80. The maximum absolute atomic E-state index is 12.0. The molecule has 0 aromatic carbocycles. The van der Waals surface area contributed by atoms with Gasteiger partial charge < -0.3 is 14.8 Å². The number of aliphatic carboxylic acids is 1. The molecular formula is C13H19N3O4. The number of amides is 1. The number of aromatic amines is 1. The third kappa shape index (κ3) is 3.09. The first-order valence-corrected chi connectivity index (χ1v) is 6.80. The van der Waals surface area contributed by atoms with Gasteiger partial charge in [-0.1, -0.05) is 19.8 Å². The van der Waals surface area contributed by atoms with Crippen molar-refractivity contribution in [1.82, 2.24) is 14.9 Å². The van der Waals surface area contributed by atoms with Crippen LogP contribution in [0.25, 0.3) is 0 Å². The molecule has 2 heterocycles. The van der Waals surface area contributed by atoms with E-state index in [1.54, 1.807) is 0 Å². The van der Waals surface area contributed by atoms with E-state index < -0.39 is 18.1 Å². The highest BCUT2D eigenvalue weighted by atomic mass is 16.6. The number of hydrogen-bond donors (Lipinski definition) is 2. The maximum atomic E-state index is 12.0. The molecule has 0 bridgehead atoms. The topological polar surface area (TPSA) is 95.5 Å². The molecule has 2 rings (SSSR count). The maximum Gasteiger partial charge on any atom is 0.410 e. The third-order valence-electron chi connectivity index (χ3n) is 3.39. The molecule has 0 radical (unpaired) electrons. The fourth-order valence-corrected chi connectivity index (χ4v) is 2.24. The van der Waals surface area contributed by atoms with Gasteiger partial charge >= 0.3 is 12.1 Å². The Kier molecular flexibility index (Phi) is 4.60. The lowest BCUT2D eigenvalue weighted by molar-refractivity contribution is -0.143. The van der Waals surface area contributed by atoms with Crippen molar-refractivity contribution < 1.29 is 19.4 Å². The number of carbonyl (C=O) groups excluding carboxylic acids is 1. The number of fused-ring (bicyclic) bond motifs is 1. The predicted octanol–water partition coefficient (Wildman–Crippen LogP) is 1.55. The van der Waals surface area contributed by atoms with Crippen LogP contribution in [0, 0.1) is 0 Å². The number of imidazole rings is 1. The molecule has 0 aliphatic carbocycles. The van der Waals surface area contributed by atoms with Crippen LogP contribution in [-0.4, -0.2) is 44.7 Å². The van der Waals surface area contributed by atoms with E-state index in [0.717, 1.165) is 25.0 Å². The van der Waals surface area contributed by atoms with E-state index in [4.69, 9.17) is 4.74 Å². The first kappa shape index (κ1) is 14.4. The Morgan fingerprint density at radius 2 is 2.35 bits per heavy atom. The highest BCUT2D eigenvalue weighted by molar-refractivity contribution is 5.80. The number of carboxylic acid groups (broad SMARTS) is 1. The standard InChI is InChI=1S/C13H19N3O4/c1-2-3-4-5-20-13(19)16-7-10-9(14-8-15-10)6-11(16)12(17)18/h8,11H,2-7H2,1H3,(H,14,15)(H,17,18)/t11-/m1/s1. The van der Waals surface area contributed by atoms with Crippen molar-refractivity contribution in [2.75, 3.05) is 6.61 Å². The van der Waals surface area contributed by atoms with Gasteiger partial charge in [-0.3, -0.25) is 4.90 Å². The number of carboxylic acids is 1. The molecule has 1 atom stereocenters. The van der Waals surface area contributed by atoms with Crippen molar-refractivity contribution in [3.8, 4) is 0 Å². The van der Waals surface area contributed by atoms with Crippen LogP contribution >= 0.6 is 0 Å². The van der Waals surface area contributed by atoms with Gasteiger partial charge in [0.1, 0.15) is 6.04 Å². The summed E-state index contributed by atoms with van der Waals surface area (Å²) in [5.74, 6) is -1.04. The van der Waals surface area contributed by atoms with E-state index in [2.05, 4.69) is 16.9 Å². The summed E-state index contributed by atoms with van der Waals surface area (Å²) in [6.45, 7) is 2.58. The van der Waals surface area contributed by atoms with E-state index in [0.29, 0.717) is 12.3 Å². The summed E-state index contributed by atoms with van der Waals surface area (Å²) >= 11 is 0. The number of nitrogens with zero attached hydrogens (tertiary/aromatic N) is 2. The number of rotatable bonds is 5. The van der Waals surface area contributed by atoms with Crippen LogP contribution in [0.2, 0.25) is 0 Å². The second-order valence-electron chi connectivity index (χ2n) is 4.84. The molecular weight excluding hydrogens is 262 g/mol. The van der Waals surface area contributed by atoms with Crippen LogP contribution in [0.5, 0.6) is 0 Å². The number of hydrogen-bond acceptors (Lipinski definition) is 4. The highest BCUT2D eigenvalue weighted by Gasteiger charge is 2.36. The molecule has 0 spiro atoms. The van der Waals surface area contributed by atoms with Crippen LogP contribution < -0.4 is 0 Å². The minimum absolute atomic E-state index is 0.193. The fourth-order valence-electron chi connectivity index (χ4n) is 2.24.